The first-order valence-electron chi connectivity index (χ1n) is 6.01. The molecule has 1 heterocycles. The molecule has 0 spiro atoms. The molecule has 1 unspecified atom stereocenters. The van der Waals surface area contributed by atoms with Gasteiger partial charge in [0.2, 0.25) is 5.95 Å². The topological polar surface area (TPSA) is 58.3 Å². The Bertz CT molecular complexity index is 339. The molecular weight excluding hydrogens is 214 g/mol. The number of nitrogens with zero attached hydrogens (tertiary/aromatic N) is 4. The summed E-state index contributed by atoms with van der Waals surface area (Å²) in [6.07, 6.45) is 1.77. The molecular formula is C12H23N5. The lowest BCUT2D eigenvalue weighted by Crippen LogP contribution is -2.41. The Labute approximate surface area is 104 Å². The highest BCUT2D eigenvalue weighted by Crippen LogP contribution is 2.11. The van der Waals surface area contributed by atoms with E-state index in [2.05, 4.69) is 47.7 Å². The molecule has 0 saturated heterocycles. The molecule has 0 saturated carbocycles. The normalized spacial score (nSPS) is 12.8. The molecule has 0 bridgehead atoms. The summed E-state index contributed by atoms with van der Waals surface area (Å²) >= 11 is 0. The van der Waals surface area contributed by atoms with E-state index in [4.69, 9.17) is 5.73 Å². The number of hydrogen-bond donors (Lipinski definition) is 1. The van der Waals surface area contributed by atoms with E-state index in [1.165, 1.54) is 0 Å². The molecule has 5 nitrogen and oxygen atoms in total. The van der Waals surface area contributed by atoms with Gasteiger partial charge in [0.05, 0.1) is 5.69 Å². The van der Waals surface area contributed by atoms with Crippen LogP contribution in [0, 0.1) is 0 Å². The molecule has 96 valence electrons. The molecule has 0 aromatic carbocycles. The SMILES string of the molecule is CCN(c1nccc(CN)n1)C(C)CN(C)C. The van der Waals surface area contributed by atoms with Gasteiger partial charge in [0.1, 0.15) is 0 Å². The number of hydrogen-bond acceptors (Lipinski definition) is 5. The number of rotatable bonds is 6. The van der Waals surface area contributed by atoms with Crippen LogP contribution in [0.25, 0.3) is 0 Å². The third-order valence-corrected chi connectivity index (χ3v) is 2.67. The van der Waals surface area contributed by atoms with Gasteiger partial charge in [-0.3, -0.25) is 0 Å². The Hall–Kier alpha value is -1.20. The van der Waals surface area contributed by atoms with Gasteiger partial charge < -0.3 is 15.5 Å². The summed E-state index contributed by atoms with van der Waals surface area (Å²) < 4.78 is 0. The highest BCUT2D eigenvalue weighted by molar-refractivity contribution is 5.31. The number of aromatic nitrogens is 2. The van der Waals surface area contributed by atoms with Gasteiger partial charge in [-0.1, -0.05) is 0 Å². The summed E-state index contributed by atoms with van der Waals surface area (Å²) in [7, 11) is 4.14. The van der Waals surface area contributed by atoms with Crippen molar-refractivity contribution in [3.05, 3.63) is 18.0 Å². The summed E-state index contributed by atoms with van der Waals surface area (Å²) in [5.41, 5.74) is 6.48. The first kappa shape index (κ1) is 13.9. The zero-order chi connectivity index (χ0) is 12.8. The average molecular weight is 237 g/mol. The molecule has 0 fully saturated rings. The second-order valence-corrected chi connectivity index (χ2v) is 4.45. The van der Waals surface area contributed by atoms with Crippen LogP contribution in [0.1, 0.15) is 19.5 Å². The van der Waals surface area contributed by atoms with E-state index >= 15 is 0 Å². The van der Waals surface area contributed by atoms with Crippen LogP contribution < -0.4 is 10.6 Å². The fourth-order valence-electron chi connectivity index (χ4n) is 1.91. The molecule has 17 heavy (non-hydrogen) atoms. The lowest BCUT2D eigenvalue weighted by atomic mass is 10.2. The molecule has 1 aromatic heterocycles. The molecule has 1 rings (SSSR count). The molecule has 2 N–H and O–H groups in total. The van der Waals surface area contributed by atoms with E-state index in [1.54, 1.807) is 6.20 Å². The summed E-state index contributed by atoms with van der Waals surface area (Å²) in [6.45, 7) is 6.62. The molecule has 0 aliphatic carbocycles. The standard InChI is InChI=1S/C12H23N5/c1-5-17(10(2)9-16(3)4)12-14-7-6-11(8-13)15-12/h6-7,10H,5,8-9,13H2,1-4H3. The van der Waals surface area contributed by atoms with Gasteiger partial charge in [0, 0.05) is 31.9 Å². The minimum Gasteiger partial charge on any atom is -0.337 e. The maximum absolute atomic E-state index is 5.60. The van der Waals surface area contributed by atoms with Crippen molar-refractivity contribution >= 4 is 5.95 Å². The zero-order valence-electron chi connectivity index (χ0n) is 11.2. The van der Waals surface area contributed by atoms with Crippen LogP contribution >= 0.6 is 0 Å². The van der Waals surface area contributed by atoms with E-state index in [9.17, 15) is 0 Å². The van der Waals surface area contributed by atoms with Gasteiger partial charge in [-0.15, -0.1) is 0 Å². The Morgan fingerprint density at radius 2 is 2.12 bits per heavy atom. The van der Waals surface area contributed by atoms with Crippen molar-refractivity contribution in [2.45, 2.75) is 26.4 Å². The molecule has 0 amide bonds. The predicted octanol–water partition coefficient (Wildman–Crippen LogP) is 0.712. The Balaban J connectivity index is 2.84. The molecule has 1 atom stereocenters. The number of likely N-dealkylation sites (N-methyl/N-ethyl adjacent to an activating group) is 2. The highest BCUT2D eigenvalue weighted by atomic mass is 15.3. The fourth-order valence-corrected chi connectivity index (χ4v) is 1.91. The minimum atomic E-state index is 0.378. The van der Waals surface area contributed by atoms with Crippen molar-refractivity contribution in [1.82, 2.24) is 14.9 Å². The number of anilines is 1. The Kier molecular flexibility index (Phi) is 5.31. The van der Waals surface area contributed by atoms with Crippen molar-refractivity contribution in [2.24, 2.45) is 5.73 Å². The van der Waals surface area contributed by atoms with Gasteiger partial charge in [-0.2, -0.15) is 0 Å². The lowest BCUT2D eigenvalue weighted by molar-refractivity contribution is 0.371. The average Bonchev–Trinajstić information content (AvgIpc) is 2.29. The lowest BCUT2D eigenvalue weighted by Gasteiger charge is -2.30. The highest BCUT2D eigenvalue weighted by Gasteiger charge is 2.16. The maximum atomic E-state index is 5.60. The van der Waals surface area contributed by atoms with E-state index in [0.29, 0.717) is 12.6 Å². The first-order valence-corrected chi connectivity index (χ1v) is 6.01. The van der Waals surface area contributed by atoms with Crippen LogP contribution in [0.4, 0.5) is 5.95 Å². The van der Waals surface area contributed by atoms with Crippen LogP contribution in [0.15, 0.2) is 12.3 Å². The van der Waals surface area contributed by atoms with E-state index in [0.717, 1.165) is 24.7 Å². The Morgan fingerprint density at radius 1 is 1.41 bits per heavy atom. The summed E-state index contributed by atoms with van der Waals surface area (Å²) in [4.78, 5) is 13.2. The minimum absolute atomic E-state index is 0.378. The van der Waals surface area contributed by atoms with Gasteiger partial charge >= 0.3 is 0 Å². The van der Waals surface area contributed by atoms with Crippen molar-refractivity contribution in [3.63, 3.8) is 0 Å². The van der Waals surface area contributed by atoms with Crippen LogP contribution in [0.3, 0.4) is 0 Å². The number of nitrogens with two attached hydrogens (primary N) is 1. The quantitative estimate of drug-likeness (QED) is 0.789. The maximum Gasteiger partial charge on any atom is 0.225 e. The zero-order valence-corrected chi connectivity index (χ0v) is 11.2. The van der Waals surface area contributed by atoms with Crippen LogP contribution in [0.2, 0.25) is 0 Å². The van der Waals surface area contributed by atoms with Gasteiger partial charge in [-0.25, -0.2) is 9.97 Å². The van der Waals surface area contributed by atoms with Crippen molar-refractivity contribution in [1.29, 1.82) is 0 Å². The summed E-state index contributed by atoms with van der Waals surface area (Å²) in [6, 6.07) is 2.23. The van der Waals surface area contributed by atoms with Crippen LogP contribution in [-0.4, -0.2) is 48.1 Å². The van der Waals surface area contributed by atoms with Gasteiger partial charge in [-0.05, 0) is 34.0 Å². The molecule has 1 aromatic rings. The second kappa shape index (κ2) is 6.51. The monoisotopic (exact) mass is 237 g/mol. The molecule has 0 aliphatic heterocycles. The van der Waals surface area contributed by atoms with Gasteiger partial charge in [0.15, 0.2) is 0 Å². The molecule has 0 radical (unpaired) electrons. The third-order valence-electron chi connectivity index (χ3n) is 2.67. The molecule has 5 heteroatoms. The first-order chi connectivity index (χ1) is 8.08. The second-order valence-electron chi connectivity index (χ2n) is 4.45. The van der Waals surface area contributed by atoms with Crippen molar-refractivity contribution < 1.29 is 0 Å². The smallest absolute Gasteiger partial charge is 0.225 e. The van der Waals surface area contributed by atoms with E-state index in [1.807, 2.05) is 6.07 Å². The molecule has 0 aliphatic rings. The van der Waals surface area contributed by atoms with Crippen LogP contribution in [0.5, 0.6) is 0 Å². The largest absolute Gasteiger partial charge is 0.337 e. The fraction of sp³-hybridized carbons (Fsp3) is 0.667. The predicted molar refractivity (Wildman–Crippen MR) is 71.0 cm³/mol. The summed E-state index contributed by atoms with van der Waals surface area (Å²) in [5, 5.41) is 0. The van der Waals surface area contributed by atoms with Gasteiger partial charge in [0.25, 0.3) is 0 Å². The summed E-state index contributed by atoms with van der Waals surface area (Å²) in [5.74, 6) is 0.768. The van der Waals surface area contributed by atoms with E-state index < -0.39 is 0 Å². The van der Waals surface area contributed by atoms with Crippen molar-refractivity contribution in [2.75, 3.05) is 32.1 Å². The third kappa shape index (κ3) is 3.94. The van der Waals surface area contributed by atoms with E-state index in [-0.39, 0.29) is 0 Å². The Morgan fingerprint density at radius 3 is 2.65 bits per heavy atom. The van der Waals surface area contributed by atoms with Crippen molar-refractivity contribution in [3.8, 4) is 0 Å². The van der Waals surface area contributed by atoms with Crippen LogP contribution in [-0.2, 0) is 6.54 Å².